The van der Waals surface area contributed by atoms with Crippen molar-refractivity contribution in [1.82, 2.24) is 5.32 Å². The Morgan fingerprint density at radius 2 is 1.60 bits per heavy atom. The molecule has 1 amide bonds. The van der Waals surface area contributed by atoms with Gasteiger partial charge in [-0.05, 0) is 90.2 Å². The smallest absolute Gasteiger partial charge is 0.326 e. The van der Waals surface area contributed by atoms with Gasteiger partial charge >= 0.3 is 5.97 Å². The van der Waals surface area contributed by atoms with E-state index in [0.717, 1.165) is 22.4 Å². The van der Waals surface area contributed by atoms with Gasteiger partial charge in [0.2, 0.25) is 0 Å². The number of ether oxygens (including phenoxy) is 1. The number of aromatic hydroxyl groups is 1. The lowest BCUT2D eigenvalue weighted by Gasteiger charge is -2.18. The SMILES string of the molecule is C/C=C(\C)c1ccc(Oc2cccc(CNc3ccc(Cl)cc3C(=O)N[C@@H](Cc3ccc(-c4ccccc4O)cc3)C(=O)O)c2)cc1. The number of hydrogen-bond donors (Lipinski definition) is 4. The van der Waals surface area contributed by atoms with Crippen LogP contribution in [0.5, 0.6) is 17.2 Å². The fourth-order valence-electron chi connectivity index (χ4n) is 5.07. The number of carboxylic acids is 1. The maximum absolute atomic E-state index is 13.4. The number of rotatable bonds is 12. The molecule has 5 rings (SSSR count). The van der Waals surface area contributed by atoms with Gasteiger partial charge in [0.25, 0.3) is 5.91 Å². The van der Waals surface area contributed by atoms with Gasteiger partial charge in [0.1, 0.15) is 23.3 Å². The van der Waals surface area contributed by atoms with E-state index in [0.29, 0.717) is 34.1 Å². The van der Waals surface area contributed by atoms with E-state index in [1.54, 1.807) is 42.5 Å². The minimum atomic E-state index is -1.19. The molecule has 0 heterocycles. The number of amides is 1. The summed E-state index contributed by atoms with van der Waals surface area (Å²) in [5.41, 5.74) is 6.15. The van der Waals surface area contributed by atoms with Crippen LogP contribution >= 0.6 is 11.6 Å². The molecule has 0 radical (unpaired) electrons. The summed E-state index contributed by atoms with van der Waals surface area (Å²) in [5, 5.41) is 26.4. The molecule has 5 aromatic carbocycles. The number of nitrogens with one attached hydrogen (secondary N) is 2. The second-order valence-corrected chi connectivity index (χ2v) is 11.5. The van der Waals surface area contributed by atoms with Crippen molar-refractivity contribution in [2.45, 2.75) is 32.9 Å². The van der Waals surface area contributed by atoms with Crippen LogP contribution in [0.25, 0.3) is 16.7 Å². The van der Waals surface area contributed by atoms with Gasteiger partial charge in [-0.1, -0.05) is 84.4 Å². The number of benzene rings is 5. The van der Waals surface area contributed by atoms with Crippen LogP contribution in [0.15, 0.2) is 121 Å². The summed E-state index contributed by atoms with van der Waals surface area (Å²) >= 11 is 6.25. The zero-order chi connectivity index (χ0) is 33.3. The molecule has 0 aliphatic heterocycles. The van der Waals surface area contributed by atoms with E-state index in [9.17, 15) is 19.8 Å². The Morgan fingerprint density at radius 3 is 2.30 bits per heavy atom. The van der Waals surface area contributed by atoms with Gasteiger partial charge in [0.15, 0.2) is 0 Å². The first-order chi connectivity index (χ1) is 22.7. The summed E-state index contributed by atoms with van der Waals surface area (Å²) in [5.74, 6) is -0.181. The van der Waals surface area contributed by atoms with Gasteiger partial charge < -0.3 is 25.6 Å². The summed E-state index contributed by atoms with van der Waals surface area (Å²) in [6, 6.07) is 33.4. The lowest BCUT2D eigenvalue weighted by atomic mass is 10.00. The van der Waals surface area contributed by atoms with Crippen molar-refractivity contribution in [3.63, 3.8) is 0 Å². The predicted octanol–water partition coefficient (Wildman–Crippen LogP) is 8.97. The summed E-state index contributed by atoms with van der Waals surface area (Å²) in [7, 11) is 0. The number of carbonyl (C=O) groups is 2. The van der Waals surface area contributed by atoms with Gasteiger partial charge in [-0.2, -0.15) is 0 Å². The van der Waals surface area contributed by atoms with E-state index >= 15 is 0 Å². The molecule has 238 valence electrons. The Bertz CT molecular complexity index is 1900. The van der Waals surface area contributed by atoms with Crippen LogP contribution in [0.2, 0.25) is 5.02 Å². The molecule has 1 atom stereocenters. The third-order valence-electron chi connectivity index (χ3n) is 7.80. The lowest BCUT2D eigenvalue weighted by molar-refractivity contribution is -0.139. The molecule has 7 nitrogen and oxygen atoms in total. The monoisotopic (exact) mass is 646 g/mol. The number of phenolic OH excluding ortho intramolecular Hbond substituents is 1. The number of carbonyl (C=O) groups excluding carboxylic acids is 1. The Hall–Kier alpha value is -5.53. The van der Waals surface area contributed by atoms with Gasteiger partial charge in [-0.15, -0.1) is 0 Å². The van der Waals surface area contributed by atoms with Crippen LogP contribution in [0.3, 0.4) is 0 Å². The molecule has 0 unspecified atom stereocenters. The van der Waals surface area contributed by atoms with Crippen LogP contribution in [0, 0.1) is 0 Å². The number of hydrogen-bond acceptors (Lipinski definition) is 5. The number of halogens is 1. The highest BCUT2D eigenvalue weighted by Gasteiger charge is 2.23. The molecule has 0 saturated carbocycles. The molecule has 8 heteroatoms. The number of carboxylic acid groups (broad SMARTS) is 1. The Labute approximate surface area is 279 Å². The van der Waals surface area contributed by atoms with Crippen molar-refractivity contribution in [1.29, 1.82) is 0 Å². The molecular formula is C39H35ClN2O5. The normalized spacial score (nSPS) is 11.9. The fraction of sp³-hybridized carbons (Fsp3) is 0.128. The standard InChI is InChI=1S/C39H35ClN2O5/c1-3-25(2)28-15-18-31(19-16-28)47-32-8-6-7-27(21-32)24-41-35-20-17-30(40)23-34(35)38(44)42-36(39(45)46)22-26-11-13-29(14-12-26)33-9-4-5-10-37(33)43/h3-21,23,36,41,43H,22,24H2,1-2H3,(H,42,44)(H,45,46)/b25-3+/t36-/m0/s1. The molecule has 0 spiro atoms. The van der Waals surface area contributed by atoms with Crippen LogP contribution in [0.4, 0.5) is 5.69 Å². The first-order valence-electron chi connectivity index (χ1n) is 15.1. The molecule has 0 aliphatic rings. The van der Waals surface area contributed by atoms with Crippen LogP contribution in [0.1, 0.15) is 40.9 Å². The molecule has 0 saturated heterocycles. The Kier molecular flexibility index (Phi) is 10.6. The number of para-hydroxylation sites is 1. The summed E-state index contributed by atoms with van der Waals surface area (Å²) in [6.07, 6.45) is 2.13. The average Bonchev–Trinajstić information content (AvgIpc) is 3.08. The van der Waals surface area contributed by atoms with E-state index in [1.807, 2.05) is 73.7 Å². The maximum atomic E-state index is 13.4. The molecule has 47 heavy (non-hydrogen) atoms. The minimum Gasteiger partial charge on any atom is -0.507 e. The number of aliphatic carboxylic acids is 1. The predicted molar refractivity (Wildman–Crippen MR) is 187 cm³/mol. The highest BCUT2D eigenvalue weighted by Crippen LogP contribution is 2.29. The molecule has 5 aromatic rings. The van der Waals surface area contributed by atoms with Crippen molar-refractivity contribution in [2.75, 3.05) is 5.32 Å². The van der Waals surface area contributed by atoms with Gasteiger partial charge in [-0.3, -0.25) is 4.79 Å². The van der Waals surface area contributed by atoms with Crippen molar-refractivity contribution in [3.05, 3.63) is 149 Å². The average molecular weight is 647 g/mol. The zero-order valence-corrected chi connectivity index (χ0v) is 26.8. The summed E-state index contributed by atoms with van der Waals surface area (Å²) in [6.45, 7) is 4.45. The van der Waals surface area contributed by atoms with E-state index in [4.69, 9.17) is 16.3 Å². The van der Waals surface area contributed by atoms with E-state index < -0.39 is 17.9 Å². The summed E-state index contributed by atoms with van der Waals surface area (Å²) < 4.78 is 6.07. The molecule has 0 fully saturated rings. The quantitative estimate of drug-likeness (QED) is 0.108. The first-order valence-corrected chi connectivity index (χ1v) is 15.5. The van der Waals surface area contributed by atoms with Crippen LogP contribution in [-0.2, 0) is 17.8 Å². The third-order valence-corrected chi connectivity index (χ3v) is 8.03. The number of allylic oxidation sites excluding steroid dienone is 2. The maximum Gasteiger partial charge on any atom is 0.326 e. The van der Waals surface area contributed by atoms with Crippen LogP contribution < -0.4 is 15.4 Å². The van der Waals surface area contributed by atoms with Crippen molar-refractivity contribution >= 4 is 34.7 Å². The van der Waals surface area contributed by atoms with Crippen molar-refractivity contribution in [2.24, 2.45) is 0 Å². The van der Waals surface area contributed by atoms with E-state index in [1.165, 1.54) is 11.6 Å². The number of anilines is 1. The molecule has 4 N–H and O–H groups in total. The van der Waals surface area contributed by atoms with Gasteiger partial charge in [0, 0.05) is 29.2 Å². The Balaban J connectivity index is 1.25. The number of phenols is 1. The summed E-state index contributed by atoms with van der Waals surface area (Å²) in [4.78, 5) is 25.6. The lowest BCUT2D eigenvalue weighted by Crippen LogP contribution is -2.42. The van der Waals surface area contributed by atoms with Crippen molar-refractivity contribution in [3.8, 4) is 28.4 Å². The second kappa shape index (κ2) is 15.2. The first kappa shape index (κ1) is 32.9. The largest absolute Gasteiger partial charge is 0.507 e. The molecule has 0 aliphatic carbocycles. The Morgan fingerprint density at radius 1 is 0.851 bits per heavy atom. The topological polar surface area (TPSA) is 108 Å². The molecule has 0 aromatic heterocycles. The molecule has 0 bridgehead atoms. The van der Waals surface area contributed by atoms with E-state index in [2.05, 4.69) is 23.6 Å². The van der Waals surface area contributed by atoms with Crippen molar-refractivity contribution < 1.29 is 24.5 Å². The fourth-order valence-corrected chi connectivity index (χ4v) is 5.25. The van der Waals surface area contributed by atoms with Crippen LogP contribution in [-0.4, -0.2) is 28.1 Å². The highest BCUT2D eigenvalue weighted by atomic mass is 35.5. The van der Waals surface area contributed by atoms with Gasteiger partial charge in [0.05, 0.1) is 5.56 Å². The van der Waals surface area contributed by atoms with Gasteiger partial charge in [-0.25, -0.2) is 4.79 Å². The zero-order valence-electron chi connectivity index (χ0n) is 26.0. The second-order valence-electron chi connectivity index (χ2n) is 11.1. The third kappa shape index (κ3) is 8.60. The van der Waals surface area contributed by atoms with E-state index in [-0.39, 0.29) is 17.7 Å². The minimum absolute atomic E-state index is 0.0654. The molecular weight excluding hydrogens is 612 g/mol. The highest BCUT2D eigenvalue weighted by molar-refractivity contribution is 6.31.